The molecule has 0 aliphatic carbocycles. The van der Waals surface area contributed by atoms with Gasteiger partial charge in [0.2, 0.25) is 5.91 Å². The molecular formula is C12H12Cl2FNO3S. The Morgan fingerprint density at radius 1 is 1.40 bits per heavy atom. The number of carbonyl (C=O) groups excluding carboxylic acids is 1. The molecule has 1 heterocycles. The molecule has 4 nitrogen and oxygen atoms in total. The fourth-order valence-electron chi connectivity index (χ4n) is 2.06. The number of benzene rings is 1. The summed E-state index contributed by atoms with van der Waals surface area (Å²) in [4.78, 5) is 11.8. The monoisotopic (exact) mass is 339 g/mol. The zero-order valence-corrected chi connectivity index (χ0v) is 12.6. The summed E-state index contributed by atoms with van der Waals surface area (Å²) in [6.07, 6.45) is -0.258. The molecule has 0 radical (unpaired) electrons. The van der Waals surface area contributed by atoms with E-state index >= 15 is 0 Å². The summed E-state index contributed by atoms with van der Waals surface area (Å²) in [5.41, 5.74) is 0.0821. The minimum absolute atomic E-state index is 0.0821. The molecule has 110 valence electrons. The first-order valence-electron chi connectivity index (χ1n) is 5.85. The minimum atomic E-state index is -3.23. The van der Waals surface area contributed by atoms with Crippen molar-refractivity contribution in [1.82, 2.24) is 5.32 Å². The molecule has 1 aliphatic rings. The highest BCUT2D eigenvalue weighted by molar-refractivity contribution is 7.91. The number of nitrogens with one attached hydrogen (secondary N) is 1. The Morgan fingerprint density at radius 2 is 2.10 bits per heavy atom. The van der Waals surface area contributed by atoms with Crippen LogP contribution in [-0.4, -0.2) is 37.2 Å². The summed E-state index contributed by atoms with van der Waals surface area (Å²) >= 11 is 11.7. The molecule has 1 aromatic carbocycles. The Bertz CT molecular complexity index is 615. The van der Waals surface area contributed by atoms with Gasteiger partial charge >= 0.3 is 0 Å². The quantitative estimate of drug-likeness (QED) is 0.849. The van der Waals surface area contributed by atoms with Gasteiger partial charge in [0.15, 0.2) is 9.84 Å². The largest absolute Gasteiger partial charge is 0.351 e. The second-order valence-corrected chi connectivity index (χ2v) is 7.77. The van der Waals surface area contributed by atoms with Crippen molar-refractivity contribution in [2.75, 3.05) is 11.5 Å². The Balaban J connectivity index is 2.04. The van der Waals surface area contributed by atoms with E-state index in [9.17, 15) is 17.6 Å². The van der Waals surface area contributed by atoms with Gasteiger partial charge < -0.3 is 5.32 Å². The van der Waals surface area contributed by atoms with E-state index in [1.54, 1.807) is 0 Å². The Labute approximate surface area is 126 Å². The number of amides is 1. The first kappa shape index (κ1) is 15.5. The van der Waals surface area contributed by atoms with E-state index in [0.29, 0.717) is 0 Å². The molecule has 1 aliphatic heterocycles. The van der Waals surface area contributed by atoms with Gasteiger partial charge in [-0.05, 0) is 12.1 Å². The van der Waals surface area contributed by atoms with Gasteiger partial charge in [-0.1, -0.05) is 17.7 Å². The molecule has 0 aromatic heterocycles. The van der Waals surface area contributed by atoms with E-state index < -0.39 is 33.0 Å². The maximum Gasteiger partial charge on any atom is 0.224 e. The van der Waals surface area contributed by atoms with Crippen molar-refractivity contribution in [3.05, 3.63) is 34.6 Å². The third-order valence-corrected chi connectivity index (χ3v) is 5.76. The van der Waals surface area contributed by atoms with Gasteiger partial charge in [0.25, 0.3) is 0 Å². The van der Waals surface area contributed by atoms with Crippen LogP contribution >= 0.6 is 23.2 Å². The fraction of sp³-hybridized carbons (Fsp3) is 0.417. The maximum absolute atomic E-state index is 13.5. The van der Waals surface area contributed by atoms with Crippen LogP contribution < -0.4 is 5.32 Å². The second kappa shape index (κ2) is 5.87. The van der Waals surface area contributed by atoms with Crippen molar-refractivity contribution in [2.45, 2.75) is 17.8 Å². The fourth-order valence-corrected chi connectivity index (χ4v) is 4.84. The summed E-state index contributed by atoms with van der Waals surface area (Å²) in [6.45, 7) is 0. The molecule has 0 saturated carbocycles. The van der Waals surface area contributed by atoms with Crippen LogP contribution in [0.15, 0.2) is 18.2 Å². The normalized spacial score (nSPS) is 24.6. The molecule has 1 amide bonds. The predicted octanol–water partition coefficient (Wildman–Crippen LogP) is 1.54. The van der Waals surface area contributed by atoms with Crippen molar-refractivity contribution in [2.24, 2.45) is 0 Å². The zero-order valence-electron chi connectivity index (χ0n) is 10.3. The predicted molar refractivity (Wildman–Crippen MR) is 75.3 cm³/mol. The molecule has 2 atom stereocenters. The van der Waals surface area contributed by atoms with Gasteiger partial charge in [-0.25, -0.2) is 12.8 Å². The van der Waals surface area contributed by atoms with Crippen LogP contribution in [-0.2, 0) is 21.1 Å². The van der Waals surface area contributed by atoms with E-state index in [2.05, 4.69) is 5.32 Å². The van der Waals surface area contributed by atoms with Gasteiger partial charge in [0, 0.05) is 10.6 Å². The van der Waals surface area contributed by atoms with Gasteiger partial charge in [-0.15, -0.1) is 11.6 Å². The van der Waals surface area contributed by atoms with Gasteiger partial charge in [0.1, 0.15) is 5.82 Å². The summed E-state index contributed by atoms with van der Waals surface area (Å²) in [5.74, 6) is -1.45. The number of hydrogen-bond donors (Lipinski definition) is 1. The van der Waals surface area contributed by atoms with Crippen molar-refractivity contribution in [1.29, 1.82) is 0 Å². The molecular weight excluding hydrogens is 328 g/mol. The van der Waals surface area contributed by atoms with Crippen LogP contribution in [0.2, 0.25) is 5.02 Å². The highest BCUT2D eigenvalue weighted by atomic mass is 35.5. The summed E-state index contributed by atoms with van der Waals surface area (Å²) in [5, 5.41) is 2.00. The highest BCUT2D eigenvalue weighted by Crippen LogP contribution is 2.21. The lowest BCUT2D eigenvalue weighted by Crippen LogP contribution is -2.41. The van der Waals surface area contributed by atoms with Crippen molar-refractivity contribution in [3.63, 3.8) is 0 Å². The number of hydrogen-bond acceptors (Lipinski definition) is 3. The molecule has 1 fully saturated rings. The minimum Gasteiger partial charge on any atom is -0.351 e. The summed E-state index contributed by atoms with van der Waals surface area (Å²) in [7, 11) is -3.23. The van der Waals surface area contributed by atoms with E-state index in [0.717, 1.165) is 0 Å². The first-order valence-corrected chi connectivity index (χ1v) is 8.49. The van der Waals surface area contributed by atoms with Crippen LogP contribution in [0.4, 0.5) is 4.39 Å². The van der Waals surface area contributed by atoms with E-state index in [1.807, 2.05) is 0 Å². The number of carbonyl (C=O) groups is 1. The van der Waals surface area contributed by atoms with E-state index in [4.69, 9.17) is 23.2 Å². The lowest BCUT2D eigenvalue weighted by Gasteiger charge is -2.14. The number of rotatable bonds is 3. The Hall–Kier alpha value is -0.850. The van der Waals surface area contributed by atoms with Crippen molar-refractivity contribution < 1.29 is 17.6 Å². The molecule has 2 rings (SSSR count). The lowest BCUT2D eigenvalue weighted by atomic mass is 10.1. The van der Waals surface area contributed by atoms with Gasteiger partial charge in [0.05, 0.1) is 29.3 Å². The van der Waals surface area contributed by atoms with Crippen LogP contribution in [0.1, 0.15) is 5.56 Å². The number of halogens is 3. The average molecular weight is 340 g/mol. The van der Waals surface area contributed by atoms with E-state index in [-0.39, 0.29) is 28.5 Å². The van der Waals surface area contributed by atoms with E-state index in [1.165, 1.54) is 18.2 Å². The van der Waals surface area contributed by atoms with Gasteiger partial charge in [-0.3, -0.25) is 4.79 Å². The summed E-state index contributed by atoms with van der Waals surface area (Å²) < 4.78 is 36.3. The molecule has 1 aromatic rings. The Morgan fingerprint density at radius 3 is 2.65 bits per heavy atom. The SMILES string of the molecule is O=C(Cc1c(F)cccc1Cl)N[C@H]1CS(=O)(=O)C[C@@H]1Cl. The maximum atomic E-state index is 13.5. The van der Waals surface area contributed by atoms with Crippen molar-refractivity contribution >= 4 is 38.9 Å². The third kappa shape index (κ3) is 3.62. The lowest BCUT2D eigenvalue weighted by molar-refractivity contribution is -0.121. The molecule has 1 N–H and O–H groups in total. The van der Waals surface area contributed by atoms with Crippen LogP contribution in [0, 0.1) is 5.82 Å². The second-order valence-electron chi connectivity index (χ2n) is 4.64. The third-order valence-electron chi connectivity index (χ3n) is 3.03. The first-order chi connectivity index (χ1) is 9.28. The average Bonchev–Trinajstić information content (AvgIpc) is 2.57. The van der Waals surface area contributed by atoms with Crippen LogP contribution in [0.3, 0.4) is 0 Å². The number of alkyl halides is 1. The number of sulfone groups is 1. The molecule has 0 spiro atoms. The topological polar surface area (TPSA) is 63.2 Å². The molecule has 0 unspecified atom stereocenters. The summed E-state index contributed by atoms with van der Waals surface area (Å²) in [6, 6.07) is 3.48. The highest BCUT2D eigenvalue weighted by Gasteiger charge is 2.37. The zero-order chi connectivity index (χ0) is 14.9. The molecule has 1 saturated heterocycles. The van der Waals surface area contributed by atoms with Crippen molar-refractivity contribution in [3.8, 4) is 0 Å². The van der Waals surface area contributed by atoms with Crippen LogP contribution in [0.25, 0.3) is 0 Å². The Kier molecular flexibility index (Phi) is 4.56. The molecule has 8 heteroatoms. The van der Waals surface area contributed by atoms with Gasteiger partial charge in [-0.2, -0.15) is 0 Å². The standard InChI is InChI=1S/C12H12Cl2FNO3S/c13-8-2-1-3-10(15)7(8)4-12(17)16-11-6-20(18,19)5-9(11)14/h1-3,9,11H,4-6H2,(H,16,17)/t9-,11-/m0/s1. The molecule has 20 heavy (non-hydrogen) atoms. The van der Waals surface area contributed by atoms with Crippen LogP contribution in [0.5, 0.6) is 0 Å². The smallest absolute Gasteiger partial charge is 0.224 e. The molecule has 0 bridgehead atoms.